The molecule has 15 heavy (non-hydrogen) atoms. The fourth-order valence-electron chi connectivity index (χ4n) is 1.92. The van der Waals surface area contributed by atoms with Crippen LogP contribution in [0.4, 0.5) is 5.69 Å². The maximum Gasteiger partial charge on any atom is 0.192 e. The number of anilines is 1. The zero-order valence-corrected chi connectivity index (χ0v) is 8.79. The summed E-state index contributed by atoms with van der Waals surface area (Å²) in [5.74, 6) is 0.728. The quantitative estimate of drug-likeness (QED) is 0.813. The summed E-state index contributed by atoms with van der Waals surface area (Å²) in [4.78, 5) is 4.27. The number of aryl methyl sites for hydroxylation is 1. The fourth-order valence-corrected chi connectivity index (χ4v) is 1.92. The van der Waals surface area contributed by atoms with Crippen LogP contribution in [0.25, 0.3) is 11.1 Å². The number of hydrogen-bond donors (Lipinski definition) is 1. The number of aromatic nitrogens is 1. The van der Waals surface area contributed by atoms with E-state index in [0.29, 0.717) is 6.04 Å². The van der Waals surface area contributed by atoms with Crippen molar-refractivity contribution in [2.75, 3.05) is 5.32 Å². The molecule has 3 rings (SSSR count). The molecule has 0 aliphatic heterocycles. The Hall–Kier alpha value is -1.51. The molecule has 2 aromatic rings. The second kappa shape index (κ2) is 3.26. The van der Waals surface area contributed by atoms with E-state index >= 15 is 0 Å². The minimum absolute atomic E-state index is 0.659. The first-order valence-corrected chi connectivity index (χ1v) is 5.45. The van der Waals surface area contributed by atoms with Gasteiger partial charge in [-0.3, -0.25) is 0 Å². The van der Waals surface area contributed by atoms with Gasteiger partial charge in [0.05, 0.1) is 0 Å². The largest absolute Gasteiger partial charge is 0.441 e. The number of hydrogen-bond acceptors (Lipinski definition) is 3. The average molecular weight is 202 g/mol. The van der Waals surface area contributed by atoms with Gasteiger partial charge in [0, 0.05) is 24.7 Å². The molecule has 1 aromatic carbocycles. The molecular formula is C12H14N2O. The lowest BCUT2D eigenvalue weighted by Crippen LogP contribution is -2.26. The van der Waals surface area contributed by atoms with Crippen molar-refractivity contribution in [1.29, 1.82) is 0 Å². The van der Waals surface area contributed by atoms with Crippen LogP contribution in [-0.4, -0.2) is 11.0 Å². The van der Waals surface area contributed by atoms with Gasteiger partial charge in [0.25, 0.3) is 0 Å². The molecule has 0 amide bonds. The molecule has 1 aromatic heterocycles. The summed E-state index contributed by atoms with van der Waals surface area (Å²) in [5.41, 5.74) is 2.95. The molecule has 1 aliphatic carbocycles. The summed E-state index contributed by atoms with van der Waals surface area (Å²) in [7, 11) is 0. The molecule has 0 spiro atoms. The second-order valence-corrected chi connectivity index (χ2v) is 4.19. The Labute approximate surface area is 88.5 Å². The highest BCUT2D eigenvalue weighted by Crippen LogP contribution is 2.25. The van der Waals surface area contributed by atoms with E-state index in [2.05, 4.69) is 16.4 Å². The molecule has 0 saturated heterocycles. The maximum absolute atomic E-state index is 5.49. The Morgan fingerprint density at radius 2 is 2.27 bits per heavy atom. The van der Waals surface area contributed by atoms with E-state index in [4.69, 9.17) is 4.42 Å². The number of fused-ring (bicyclic) bond motifs is 1. The smallest absolute Gasteiger partial charge is 0.192 e. The zero-order valence-electron chi connectivity index (χ0n) is 8.79. The Morgan fingerprint density at radius 3 is 3.00 bits per heavy atom. The van der Waals surface area contributed by atoms with Crippen molar-refractivity contribution < 1.29 is 4.42 Å². The van der Waals surface area contributed by atoms with E-state index in [1.807, 2.05) is 19.1 Å². The van der Waals surface area contributed by atoms with Crippen LogP contribution >= 0.6 is 0 Å². The maximum atomic E-state index is 5.49. The summed E-state index contributed by atoms with van der Waals surface area (Å²) < 4.78 is 5.49. The summed E-state index contributed by atoms with van der Waals surface area (Å²) in [6.07, 6.45) is 3.92. The minimum atomic E-state index is 0.659. The molecule has 1 heterocycles. The van der Waals surface area contributed by atoms with Crippen molar-refractivity contribution >= 4 is 16.8 Å². The van der Waals surface area contributed by atoms with E-state index < -0.39 is 0 Å². The van der Waals surface area contributed by atoms with Crippen molar-refractivity contribution in [2.45, 2.75) is 32.2 Å². The van der Waals surface area contributed by atoms with Gasteiger partial charge in [-0.2, -0.15) is 0 Å². The highest BCUT2D eigenvalue weighted by atomic mass is 16.3. The first-order valence-electron chi connectivity index (χ1n) is 5.45. The molecule has 0 bridgehead atoms. The number of rotatable bonds is 2. The van der Waals surface area contributed by atoms with Crippen LogP contribution in [0, 0.1) is 6.92 Å². The minimum Gasteiger partial charge on any atom is -0.441 e. The normalized spacial score (nSPS) is 16.6. The van der Waals surface area contributed by atoms with Crippen LogP contribution < -0.4 is 5.32 Å². The summed E-state index contributed by atoms with van der Waals surface area (Å²) in [6.45, 7) is 1.87. The van der Waals surface area contributed by atoms with Gasteiger partial charge in [0.1, 0.15) is 5.52 Å². The van der Waals surface area contributed by atoms with Crippen LogP contribution in [0.1, 0.15) is 25.2 Å². The summed E-state index contributed by atoms with van der Waals surface area (Å²) in [5, 5.41) is 3.49. The highest BCUT2D eigenvalue weighted by Gasteiger charge is 2.17. The third kappa shape index (κ3) is 1.58. The molecule has 1 fully saturated rings. The molecule has 3 nitrogen and oxygen atoms in total. The van der Waals surface area contributed by atoms with Gasteiger partial charge in [0.15, 0.2) is 11.5 Å². The van der Waals surface area contributed by atoms with Crippen LogP contribution in [-0.2, 0) is 0 Å². The van der Waals surface area contributed by atoms with Gasteiger partial charge >= 0.3 is 0 Å². The third-order valence-electron chi connectivity index (χ3n) is 2.97. The fraction of sp³-hybridized carbons (Fsp3) is 0.417. The molecule has 0 radical (unpaired) electrons. The van der Waals surface area contributed by atoms with E-state index in [1.54, 1.807) is 0 Å². The molecule has 78 valence electrons. The lowest BCUT2D eigenvalue weighted by atomic mass is 9.93. The van der Waals surface area contributed by atoms with Gasteiger partial charge in [0.2, 0.25) is 0 Å². The number of nitrogens with one attached hydrogen (secondary N) is 1. The van der Waals surface area contributed by atoms with Gasteiger partial charge in [-0.1, -0.05) is 0 Å². The number of oxazole rings is 1. The van der Waals surface area contributed by atoms with Crippen molar-refractivity contribution in [2.24, 2.45) is 0 Å². The first-order chi connectivity index (χ1) is 7.31. The van der Waals surface area contributed by atoms with Gasteiger partial charge in [-0.05, 0) is 31.4 Å². The summed E-state index contributed by atoms with van der Waals surface area (Å²) >= 11 is 0. The third-order valence-corrected chi connectivity index (χ3v) is 2.97. The Kier molecular flexibility index (Phi) is 1.91. The Balaban J connectivity index is 1.90. The standard InChI is InChI=1S/C12H14N2O/c1-8-13-11-6-5-10(7-12(11)15-8)14-9-3-2-4-9/h5-7,9,14H,2-4H2,1H3. The van der Waals surface area contributed by atoms with Gasteiger partial charge in [-0.15, -0.1) is 0 Å². The van der Waals surface area contributed by atoms with E-state index in [9.17, 15) is 0 Å². The second-order valence-electron chi connectivity index (χ2n) is 4.19. The summed E-state index contributed by atoms with van der Waals surface area (Å²) in [6, 6.07) is 6.77. The van der Waals surface area contributed by atoms with Crippen molar-refractivity contribution in [3.8, 4) is 0 Å². The molecule has 1 N–H and O–H groups in total. The van der Waals surface area contributed by atoms with Crippen LogP contribution in [0.2, 0.25) is 0 Å². The number of benzene rings is 1. The van der Waals surface area contributed by atoms with Gasteiger partial charge in [-0.25, -0.2) is 4.98 Å². The van der Waals surface area contributed by atoms with Gasteiger partial charge < -0.3 is 9.73 Å². The zero-order chi connectivity index (χ0) is 10.3. The average Bonchev–Trinajstić information content (AvgIpc) is 2.50. The highest BCUT2D eigenvalue weighted by molar-refractivity contribution is 5.77. The van der Waals surface area contributed by atoms with E-state index in [0.717, 1.165) is 22.7 Å². The van der Waals surface area contributed by atoms with Crippen LogP contribution in [0.5, 0.6) is 0 Å². The van der Waals surface area contributed by atoms with Crippen molar-refractivity contribution in [1.82, 2.24) is 4.98 Å². The van der Waals surface area contributed by atoms with Crippen molar-refractivity contribution in [3.63, 3.8) is 0 Å². The first kappa shape index (κ1) is 8.77. The lowest BCUT2D eigenvalue weighted by Gasteiger charge is -2.27. The van der Waals surface area contributed by atoms with Crippen LogP contribution in [0.15, 0.2) is 22.6 Å². The lowest BCUT2D eigenvalue weighted by molar-refractivity contribution is 0.445. The molecule has 1 aliphatic rings. The van der Waals surface area contributed by atoms with Crippen molar-refractivity contribution in [3.05, 3.63) is 24.1 Å². The Bertz CT molecular complexity index is 485. The molecular weight excluding hydrogens is 188 g/mol. The molecule has 1 saturated carbocycles. The predicted octanol–water partition coefficient (Wildman–Crippen LogP) is 3.10. The predicted molar refractivity (Wildman–Crippen MR) is 60.0 cm³/mol. The molecule has 0 atom stereocenters. The molecule has 0 unspecified atom stereocenters. The SMILES string of the molecule is Cc1nc2ccc(NC3CCC3)cc2o1. The number of nitrogens with zero attached hydrogens (tertiary/aromatic N) is 1. The topological polar surface area (TPSA) is 38.1 Å². The Morgan fingerprint density at radius 1 is 1.40 bits per heavy atom. The van der Waals surface area contributed by atoms with Crippen LogP contribution in [0.3, 0.4) is 0 Å². The molecule has 3 heteroatoms. The van der Waals surface area contributed by atoms with E-state index in [1.165, 1.54) is 19.3 Å². The monoisotopic (exact) mass is 202 g/mol. The van der Waals surface area contributed by atoms with E-state index in [-0.39, 0.29) is 0 Å².